The monoisotopic (exact) mass is 276 g/mol. The van der Waals surface area contributed by atoms with Crippen LogP contribution in [0.5, 0.6) is 0 Å². The molecule has 1 aliphatic carbocycles. The van der Waals surface area contributed by atoms with Crippen LogP contribution in [0, 0.1) is 0 Å². The summed E-state index contributed by atoms with van der Waals surface area (Å²) in [6.45, 7) is 4.80. The molecule has 0 aliphatic heterocycles. The molecule has 1 aromatic carbocycles. The first-order valence-electron chi connectivity index (χ1n) is 7.84. The van der Waals surface area contributed by atoms with Gasteiger partial charge in [0, 0.05) is 20.2 Å². The fourth-order valence-corrected chi connectivity index (χ4v) is 3.19. The molecule has 3 heteroatoms. The fraction of sp³-hybridized carbons (Fsp3) is 0.647. The number of aryl methyl sites for hydroxylation is 1. The van der Waals surface area contributed by atoms with Gasteiger partial charge in [-0.15, -0.1) is 0 Å². The van der Waals surface area contributed by atoms with E-state index in [1.54, 1.807) is 18.2 Å². The first kappa shape index (κ1) is 15.5. The minimum Gasteiger partial charge on any atom is -0.383 e. The Kier molecular flexibility index (Phi) is 6.51. The van der Waals surface area contributed by atoms with Crippen molar-refractivity contribution >= 4 is 0 Å². The molecule has 3 nitrogen and oxygen atoms in total. The molecule has 2 N–H and O–H groups in total. The Balaban J connectivity index is 1.99. The van der Waals surface area contributed by atoms with Gasteiger partial charge in [-0.1, -0.05) is 24.3 Å². The van der Waals surface area contributed by atoms with Gasteiger partial charge in [-0.05, 0) is 55.8 Å². The van der Waals surface area contributed by atoms with Crippen LogP contribution in [-0.4, -0.2) is 44.8 Å². The minimum atomic E-state index is 0.676. The van der Waals surface area contributed by atoms with Gasteiger partial charge in [-0.2, -0.15) is 0 Å². The number of nitrogens with zero attached hydrogens (tertiary/aromatic N) is 1. The summed E-state index contributed by atoms with van der Waals surface area (Å²) < 4.78 is 5.24. The number of hydrogen-bond acceptors (Lipinski definition) is 3. The maximum Gasteiger partial charge on any atom is 0.0589 e. The first-order valence-corrected chi connectivity index (χ1v) is 7.84. The molecule has 1 aromatic rings. The number of nitrogens with two attached hydrogens (primary N) is 1. The Labute approximate surface area is 123 Å². The summed E-state index contributed by atoms with van der Waals surface area (Å²) in [5.74, 6) is 0.676. The molecule has 0 amide bonds. The lowest BCUT2D eigenvalue weighted by Crippen LogP contribution is -2.34. The number of benzene rings is 1. The van der Waals surface area contributed by atoms with Gasteiger partial charge >= 0.3 is 0 Å². The zero-order chi connectivity index (χ0) is 14.2. The smallest absolute Gasteiger partial charge is 0.0589 e. The predicted molar refractivity (Wildman–Crippen MR) is 84.1 cm³/mol. The van der Waals surface area contributed by atoms with Crippen LogP contribution < -0.4 is 5.73 Å². The number of rotatable bonds is 8. The van der Waals surface area contributed by atoms with Crippen molar-refractivity contribution in [1.82, 2.24) is 4.90 Å². The van der Waals surface area contributed by atoms with Crippen LogP contribution >= 0.6 is 0 Å². The highest BCUT2D eigenvalue weighted by Gasteiger charge is 2.21. The van der Waals surface area contributed by atoms with Crippen molar-refractivity contribution in [2.45, 2.75) is 31.6 Å². The molecule has 0 heterocycles. The molecular weight excluding hydrogens is 248 g/mol. The molecule has 112 valence electrons. The van der Waals surface area contributed by atoms with Crippen molar-refractivity contribution < 1.29 is 4.74 Å². The summed E-state index contributed by atoms with van der Waals surface area (Å²) in [4.78, 5) is 2.52. The maximum atomic E-state index is 5.66. The van der Waals surface area contributed by atoms with Crippen molar-refractivity contribution in [1.29, 1.82) is 0 Å². The van der Waals surface area contributed by atoms with E-state index in [0.29, 0.717) is 5.92 Å². The highest BCUT2D eigenvalue weighted by atomic mass is 16.5. The average molecular weight is 276 g/mol. The Hall–Kier alpha value is -0.900. The first-order chi connectivity index (χ1) is 9.85. The van der Waals surface area contributed by atoms with Gasteiger partial charge in [-0.3, -0.25) is 0 Å². The molecule has 1 atom stereocenters. The molecule has 1 aliphatic rings. The lowest BCUT2D eigenvalue weighted by atomic mass is 9.82. The largest absolute Gasteiger partial charge is 0.383 e. The summed E-state index contributed by atoms with van der Waals surface area (Å²) in [7, 11) is 1.77. The molecule has 0 radical (unpaired) electrons. The Morgan fingerprint density at radius 3 is 2.95 bits per heavy atom. The average Bonchev–Trinajstić information content (AvgIpc) is 2.50. The third-order valence-corrected chi connectivity index (χ3v) is 4.26. The van der Waals surface area contributed by atoms with Gasteiger partial charge in [0.25, 0.3) is 0 Å². The molecule has 0 saturated carbocycles. The molecule has 2 rings (SSSR count). The van der Waals surface area contributed by atoms with Crippen LogP contribution in [0.15, 0.2) is 24.3 Å². The normalized spacial score (nSPS) is 18.2. The zero-order valence-electron chi connectivity index (χ0n) is 12.7. The second-order valence-electron chi connectivity index (χ2n) is 5.72. The van der Waals surface area contributed by atoms with Crippen LogP contribution in [0.25, 0.3) is 0 Å². The fourth-order valence-electron chi connectivity index (χ4n) is 3.19. The molecule has 0 spiro atoms. The van der Waals surface area contributed by atoms with Crippen LogP contribution in [0.2, 0.25) is 0 Å². The number of fused-ring (bicyclic) bond motifs is 1. The van der Waals surface area contributed by atoms with E-state index < -0.39 is 0 Å². The summed E-state index contributed by atoms with van der Waals surface area (Å²) in [6, 6.07) is 8.95. The zero-order valence-corrected chi connectivity index (χ0v) is 12.7. The summed E-state index contributed by atoms with van der Waals surface area (Å²) >= 11 is 0. The summed E-state index contributed by atoms with van der Waals surface area (Å²) in [5.41, 5.74) is 8.77. The van der Waals surface area contributed by atoms with Crippen LogP contribution in [-0.2, 0) is 11.2 Å². The SMILES string of the molecule is COCCN(CCCN)CC1CCCc2ccccc21. The third kappa shape index (κ3) is 4.30. The van der Waals surface area contributed by atoms with E-state index in [-0.39, 0.29) is 0 Å². The molecule has 0 aromatic heterocycles. The Bertz CT molecular complexity index is 386. The standard InChI is InChI=1S/C17H28N2O/c1-20-13-12-19(11-5-10-18)14-16-8-4-7-15-6-2-3-9-17(15)16/h2-3,6,9,16H,4-5,7-8,10-14,18H2,1H3. The van der Waals surface area contributed by atoms with Gasteiger partial charge in [-0.25, -0.2) is 0 Å². The number of methoxy groups -OCH3 is 1. The van der Waals surface area contributed by atoms with Gasteiger partial charge in [0.1, 0.15) is 0 Å². The van der Waals surface area contributed by atoms with Crippen LogP contribution in [0.4, 0.5) is 0 Å². The van der Waals surface area contributed by atoms with Crippen molar-refractivity contribution in [3.05, 3.63) is 35.4 Å². The minimum absolute atomic E-state index is 0.676. The predicted octanol–water partition coefficient (Wildman–Crippen LogP) is 2.40. The van der Waals surface area contributed by atoms with Crippen molar-refractivity contribution in [3.8, 4) is 0 Å². The molecule has 0 saturated heterocycles. The van der Waals surface area contributed by atoms with Gasteiger partial charge in [0.15, 0.2) is 0 Å². The Morgan fingerprint density at radius 1 is 1.30 bits per heavy atom. The van der Waals surface area contributed by atoms with E-state index in [1.807, 2.05) is 0 Å². The molecular formula is C17H28N2O. The molecule has 0 bridgehead atoms. The van der Waals surface area contributed by atoms with Gasteiger partial charge in [0.05, 0.1) is 6.61 Å². The van der Waals surface area contributed by atoms with Crippen molar-refractivity contribution in [2.24, 2.45) is 5.73 Å². The van der Waals surface area contributed by atoms with Gasteiger partial charge in [0.2, 0.25) is 0 Å². The second kappa shape index (κ2) is 8.40. The summed E-state index contributed by atoms with van der Waals surface area (Å²) in [5, 5.41) is 0. The van der Waals surface area contributed by atoms with E-state index in [9.17, 15) is 0 Å². The van der Waals surface area contributed by atoms with E-state index >= 15 is 0 Å². The lowest BCUT2D eigenvalue weighted by molar-refractivity contribution is 0.141. The van der Waals surface area contributed by atoms with E-state index in [0.717, 1.165) is 39.2 Å². The van der Waals surface area contributed by atoms with Crippen LogP contribution in [0.1, 0.15) is 36.3 Å². The molecule has 0 fully saturated rings. The summed E-state index contributed by atoms with van der Waals surface area (Å²) in [6.07, 6.45) is 4.94. The Morgan fingerprint density at radius 2 is 2.15 bits per heavy atom. The number of hydrogen-bond donors (Lipinski definition) is 1. The quantitative estimate of drug-likeness (QED) is 0.792. The third-order valence-electron chi connectivity index (χ3n) is 4.26. The van der Waals surface area contributed by atoms with Crippen molar-refractivity contribution in [2.75, 3.05) is 39.9 Å². The van der Waals surface area contributed by atoms with E-state index in [1.165, 1.54) is 19.3 Å². The topological polar surface area (TPSA) is 38.5 Å². The number of ether oxygens (including phenoxy) is 1. The van der Waals surface area contributed by atoms with E-state index in [2.05, 4.69) is 29.2 Å². The maximum absolute atomic E-state index is 5.66. The second-order valence-corrected chi connectivity index (χ2v) is 5.72. The van der Waals surface area contributed by atoms with Crippen LogP contribution in [0.3, 0.4) is 0 Å². The molecule has 1 unspecified atom stereocenters. The van der Waals surface area contributed by atoms with E-state index in [4.69, 9.17) is 10.5 Å². The molecule has 20 heavy (non-hydrogen) atoms. The lowest BCUT2D eigenvalue weighted by Gasteiger charge is -2.31. The highest BCUT2D eigenvalue weighted by molar-refractivity contribution is 5.32. The van der Waals surface area contributed by atoms with Gasteiger partial charge < -0.3 is 15.4 Å². The van der Waals surface area contributed by atoms with Crippen molar-refractivity contribution in [3.63, 3.8) is 0 Å². The highest BCUT2D eigenvalue weighted by Crippen LogP contribution is 2.32.